The van der Waals surface area contributed by atoms with E-state index in [9.17, 15) is 4.21 Å². The Labute approximate surface area is 146 Å². The maximum absolute atomic E-state index is 11.8. The number of nitriles is 1. The Morgan fingerprint density at radius 2 is 2.40 bits per heavy atom. The second-order valence-corrected chi connectivity index (χ2v) is 7.13. The SMILES string of the molecule is N#CCS(=O)NC1CCCN(c2cn[nH]c3nnc4nccc4c23)C1. The molecule has 2 atom stereocenters. The smallest absolute Gasteiger partial charge is 0.182 e. The second-order valence-electron chi connectivity index (χ2n) is 5.91. The van der Waals surface area contributed by atoms with E-state index in [-0.39, 0.29) is 11.8 Å². The van der Waals surface area contributed by atoms with Gasteiger partial charge in [-0.05, 0) is 18.9 Å². The molecule has 0 radical (unpaired) electrons. The molecule has 4 rings (SSSR count). The van der Waals surface area contributed by atoms with E-state index in [2.05, 4.69) is 35.0 Å². The van der Waals surface area contributed by atoms with Crippen LogP contribution in [-0.2, 0) is 11.0 Å². The van der Waals surface area contributed by atoms with Gasteiger partial charge in [0.2, 0.25) is 0 Å². The second kappa shape index (κ2) is 6.70. The van der Waals surface area contributed by atoms with Crippen LogP contribution in [0.2, 0.25) is 0 Å². The monoisotopic (exact) mass is 356 g/mol. The quantitative estimate of drug-likeness (QED) is 0.703. The van der Waals surface area contributed by atoms with Gasteiger partial charge in [0.25, 0.3) is 0 Å². The van der Waals surface area contributed by atoms with Gasteiger partial charge in [-0.2, -0.15) is 10.4 Å². The van der Waals surface area contributed by atoms with E-state index in [1.165, 1.54) is 0 Å². The number of hydrogen-bond donors (Lipinski definition) is 2. The molecular formula is C15H16N8OS. The van der Waals surface area contributed by atoms with Gasteiger partial charge in [0.15, 0.2) is 11.3 Å². The molecule has 0 saturated carbocycles. The molecule has 4 heterocycles. The minimum Gasteiger partial charge on any atom is -0.368 e. The number of nitrogens with one attached hydrogen (secondary N) is 2. The molecule has 0 amide bonds. The lowest BCUT2D eigenvalue weighted by atomic mass is 10.1. The zero-order valence-corrected chi connectivity index (χ0v) is 14.2. The van der Waals surface area contributed by atoms with E-state index < -0.39 is 11.0 Å². The highest BCUT2D eigenvalue weighted by Crippen LogP contribution is 2.30. The van der Waals surface area contributed by atoms with Crippen LogP contribution < -0.4 is 9.62 Å². The number of aromatic nitrogens is 5. The molecule has 1 saturated heterocycles. The van der Waals surface area contributed by atoms with Crippen LogP contribution in [0, 0.1) is 11.3 Å². The number of piperidine rings is 1. The lowest BCUT2D eigenvalue weighted by Crippen LogP contribution is -2.46. The zero-order chi connectivity index (χ0) is 17.2. The van der Waals surface area contributed by atoms with Gasteiger partial charge in [0.1, 0.15) is 16.7 Å². The summed E-state index contributed by atoms with van der Waals surface area (Å²) in [7, 11) is -1.32. The molecule has 10 heteroatoms. The van der Waals surface area contributed by atoms with Gasteiger partial charge >= 0.3 is 0 Å². The Kier molecular flexibility index (Phi) is 4.25. The summed E-state index contributed by atoms with van der Waals surface area (Å²) in [6, 6.07) is 3.91. The van der Waals surface area contributed by atoms with E-state index in [0.29, 0.717) is 17.8 Å². The van der Waals surface area contributed by atoms with Crippen molar-refractivity contribution >= 4 is 38.7 Å². The van der Waals surface area contributed by atoms with Crippen molar-refractivity contribution in [2.45, 2.75) is 18.9 Å². The molecule has 1 aliphatic heterocycles. The van der Waals surface area contributed by atoms with E-state index in [1.54, 1.807) is 12.4 Å². The number of aromatic amines is 1. The van der Waals surface area contributed by atoms with Crippen molar-refractivity contribution < 1.29 is 4.21 Å². The van der Waals surface area contributed by atoms with Crippen LogP contribution in [0.5, 0.6) is 0 Å². The minimum atomic E-state index is -1.32. The largest absolute Gasteiger partial charge is 0.368 e. The Bertz CT molecular complexity index is 980. The summed E-state index contributed by atoms with van der Waals surface area (Å²) in [5, 5.41) is 25.9. The molecule has 0 aromatic carbocycles. The van der Waals surface area contributed by atoms with Gasteiger partial charge in [-0.1, -0.05) is 0 Å². The summed E-state index contributed by atoms with van der Waals surface area (Å²) in [5.41, 5.74) is 2.18. The fourth-order valence-corrected chi connectivity index (χ4v) is 4.02. The molecule has 3 aromatic heterocycles. The van der Waals surface area contributed by atoms with Crippen LogP contribution in [0.1, 0.15) is 12.8 Å². The van der Waals surface area contributed by atoms with Crippen LogP contribution in [0.4, 0.5) is 5.69 Å². The molecule has 0 bridgehead atoms. The van der Waals surface area contributed by atoms with Gasteiger partial charge in [-0.25, -0.2) is 13.9 Å². The van der Waals surface area contributed by atoms with Crippen molar-refractivity contribution in [1.29, 1.82) is 5.26 Å². The van der Waals surface area contributed by atoms with Crippen molar-refractivity contribution in [3.05, 3.63) is 18.5 Å². The molecule has 1 aliphatic rings. The van der Waals surface area contributed by atoms with Crippen molar-refractivity contribution in [3.8, 4) is 6.07 Å². The van der Waals surface area contributed by atoms with Crippen molar-refractivity contribution in [3.63, 3.8) is 0 Å². The third-order valence-corrected chi connectivity index (χ3v) is 5.29. The Balaban J connectivity index is 1.68. The zero-order valence-electron chi connectivity index (χ0n) is 13.3. The standard InChI is InChI=1S/C15H16N8OS/c16-4-7-25(24)22-10-2-1-6-23(9-10)12-8-18-19-15-13(12)11-3-5-17-14(11)20-21-15/h3,5,8,10,22H,1-2,6-7,9H2,(H,19,21). The molecule has 128 valence electrons. The van der Waals surface area contributed by atoms with Crippen LogP contribution in [0.15, 0.2) is 18.5 Å². The lowest BCUT2D eigenvalue weighted by molar-refractivity contribution is 0.479. The average Bonchev–Trinajstić information content (AvgIpc) is 3.10. The molecule has 2 N–H and O–H groups in total. The van der Waals surface area contributed by atoms with Gasteiger partial charge < -0.3 is 4.90 Å². The summed E-state index contributed by atoms with van der Waals surface area (Å²) in [4.78, 5) is 6.43. The van der Waals surface area contributed by atoms with Crippen LogP contribution >= 0.6 is 0 Å². The predicted molar refractivity (Wildman–Crippen MR) is 94.0 cm³/mol. The number of rotatable bonds is 4. The maximum atomic E-state index is 11.8. The molecular weight excluding hydrogens is 340 g/mol. The van der Waals surface area contributed by atoms with Gasteiger partial charge in [-0.3, -0.25) is 5.10 Å². The highest BCUT2D eigenvalue weighted by Gasteiger charge is 2.24. The third-order valence-electron chi connectivity index (χ3n) is 4.30. The summed E-state index contributed by atoms with van der Waals surface area (Å²) in [5.74, 6) is -0.00329. The average molecular weight is 356 g/mol. The first kappa shape index (κ1) is 15.9. The van der Waals surface area contributed by atoms with Crippen LogP contribution in [0.25, 0.3) is 22.1 Å². The Hall–Kier alpha value is -2.64. The number of nitrogens with zero attached hydrogens (tertiary/aromatic N) is 6. The van der Waals surface area contributed by atoms with Gasteiger partial charge in [-0.15, -0.1) is 10.2 Å². The molecule has 0 aliphatic carbocycles. The molecule has 9 nitrogen and oxygen atoms in total. The Morgan fingerprint density at radius 3 is 3.28 bits per heavy atom. The summed E-state index contributed by atoms with van der Waals surface area (Å²) in [6.45, 7) is 1.57. The van der Waals surface area contributed by atoms with Crippen molar-refractivity contribution in [1.82, 2.24) is 30.1 Å². The van der Waals surface area contributed by atoms with E-state index in [1.807, 2.05) is 12.1 Å². The fraction of sp³-hybridized carbons (Fsp3) is 0.400. The lowest BCUT2D eigenvalue weighted by Gasteiger charge is -2.34. The number of hydrogen-bond acceptors (Lipinski definition) is 7. The molecule has 3 aromatic rings. The summed E-state index contributed by atoms with van der Waals surface area (Å²) >= 11 is 0. The third kappa shape index (κ3) is 3.04. The molecule has 1 fully saturated rings. The molecule has 2 unspecified atom stereocenters. The molecule has 0 spiro atoms. The summed E-state index contributed by atoms with van der Waals surface area (Å²) in [6.07, 6.45) is 5.38. The van der Waals surface area contributed by atoms with Crippen molar-refractivity contribution in [2.24, 2.45) is 0 Å². The van der Waals surface area contributed by atoms with Crippen LogP contribution in [-0.4, -0.2) is 54.5 Å². The number of anilines is 1. The highest BCUT2D eigenvalue weighted by molar-refractivity contribution is 7.83. The van der Waals surface area contributed by atoms with E-state index in [0.717, 1.165) is 35.8 Å². The first-order valence-corrected chi connectivity index (χ1v) is 9.29. The first-order chi connectivity index (χ1) is 12.3. The summed E-state index contributed by atoms with van der Waals surface area (Å²) < 4.78 is 14.9. The normalized spacial score (nSPS) is 19.2. The van der Waals surface area contributed by atoms with Crippen LogP contribution in [0.3, 0.4) is 0 Å². The number of fused-ring (bicyclic) bond motifs is 3. The Morgan fingerprint density at radius 1 is 1.48 bits per heavy atom. The topological polar surface area (TPSA) is 123 Å². The van der Waals surface area contributed by atoms with Gasteiger partial charge in [0, 0.05) is 30.7 Å². The van der Waals surface area contributed by atoms with Crippen molar-refractivity contribution in [2.75, 3.05) is 23.7 Å². The highest BCUT2D eigenvalue weighted by atomic mass is 32.2. The maximum Gasteiger partial charge on any atom is 0.182 e. The minimum absolute atomic E-state index is 0.00329. The van der Waals surface area contributed by atoms with Gasteiger partial charge in [0.05, 0.1) is 23.3 Å². The number of H-pyrrole nitrogens is 1. The fourth-order valence-electron chi connectivity index (χ4n) is 3.25. The predicted octanol–water partition coefficient (Wildman–Crippen LogP) is 0.647. The first-order valence-electron chi connectivity index (χ1n) is 7.97. The molecule has 25 heavy (non-hydrogen) atoms. The van der Waals surface area contributed by atoms with E-state index in [4.69, 9.17) is 5.26 Å². The van der Waals surface area contributed by atoms with E-state index >= 15 is 0 Å².